The quantitative estimate of drug-likeness (QED) is 0.659. The minimum atomic E-state index is 0.248. The van der Waals surface area contributed by atoms with Crippen molar-refractivity contribution in [2.75, 3.05) is 12.5 Å². The summed E-state index contributed by atoms with van der Waals surface area (Å²) in [5.74, 6) is 0.628. The van der Waals surface area contributed by atoms with Crippen LogP contribution >= 0.6 is 23.5 Å². The molecule has 0 radical (unpaired) electrons. The van der Waals surface area contributed by atoms with Crippen LogP contribution in [0.1, 0.15) is 26.2 Å². The van der Waals surface area contributed by atoms with Crippen LogP contribution in [0.2, 0.25) is 0 Å². The number of carbonyl (C=O) groups is 1. The summed E-state index contributed by atoms with van der Waals surface area (Å²) in [6, 6.07) is 0. The van der Waals surface area contributed by atoms with Gasteiger partial charge < -0.3 is 0 Å². The second kappa shape index (κ2) is 5.11. The Hall–Kier alpha value is 0.110. The van der Waals surface area contributed by atoms with Gasteiger partial charge in [0.25, 0.3) is 0 Å². The van der Waals surface area contributed by atoms with Crippen LogP contribution in [0, 0.1) is 5.92 Å². The van der Waals surface area contributed by atoms with Crippen molar-refractivity contribution < 1.29 is 4.79 Å². The second-order valence-corrected chi connectivity index (χ2v) is 5.22. The summed E-state index contributed by atoms with van der Waals surface area (Å²) in [6.07, 6.45) is 7.32. The number of rotatable bonds is 2. The largest absolute Gasteiger partial charge is 0.294 e. The Morgan fingerprint density at radius 3 is 2.54 bits per heavy atom. The Balaban J connectivity index is 2.88. The van der Waals surface area contributed by atoms with Gasteiger partial charge in [0.15, 0.2) is 5.78 Å². The van der Waals surface area contributed by atoms with Gasteiger partial charge in [0.2, 0.25) is 0 Å². The molecule has 1 fully saturated rings. The van der Waals surface area contributed by atoms with Gasteiger partial charge in [-0.2, -0.15) is 0 Å². The zero-order valence-corrected chi connectivity index (χ0v) is 10.1. The topological polar surface area (TPSA) is 17.1 Å². The molecule has 1 rings (SSSR count). The first kappa shape index (κ1) is 11.2. The number of carbonyl (C=O) groups excluding carboxylic acids is 1. The summed E-state index contributed by atoms with van der Waals surface area (Å²) in [7, 11) is 0. The fourth-order valence-electron chi connectivity index (χ4n) is 1.67. The van der Waals surface area contributed by atoms with Crippen molar-refractivity contribution in [3.8, 4) is 0 Å². The highest BCUT2D eigenvalue weighted by molar-refractivity contribution is 8.21. The Labute approximate surface area is 88.7 Å². The van der Waals surface area contributed by atoms with Crippen molar-refractivity contribution in [1.82, 2.24) is 0 Å². The standard InChI is InChI=1S/C10H16OS2/c1-7-5-4-6-8(9(7)11)10(12-2)13-3/h7H,4-6H2,1-3H3. The van der Waals surface area contributed by atoms with Gasteiger partial charge in [0.1, 0.15) is 0 Å². The molecule has 0 aromatic rings. The van der Waals surface area contributed by atoms with E-state index in [0.717, 1.165) is 18.4 Å². The van der Waals surface area contributed by atoms with Crippen molar-refractivity contribution in [3.63, 3.8) is 0 Å². The van der Waals surface area contributed by atoms with Crippen molar-refractivity contribution in [2.24, 2.45) is 5.92 Å². The summed E-state index contributed by atoms with van der Waals surface area (Å²) in [4.78, 5) is 11.8. The molecule has 1 nitrogen and oxygen atoms in total. The van der Waals surface area contributed by atoms with Crippen LogP contribution in [0.5, 0.6) is 0 Å². The molecule has 0 aromatic carbocycles. The second-order valence-electron chi connectivity index (χ2n) is 3.33. The zero-order chi connectivity index (χ0) is 9.84. The summed E-state index contributed by atoms with van der Waals surface area (Å²) in [5.41, 5.74) is 1.08. The van der Waals surface area contributed by atoms with E-state index in [1.165, 1.54) is 10.7 Å². The summed E-state index contributed by atoms with van der Waals surface area (Å²) in [6.45, 7) is 2.04. The van der Waals surface area contributed by atoms with Crippen LogP contribution in [0.3, 0.4) is 0 Å². The molecule has 13 heavy (non-hydrogen) atoms. The monoisotopic (exact) mass is 216 g/mol. The number of allylic oxidation sites excluding steroid dienone is 1. The maximum atomic E-state index is 11.8. The third-order valence-electron chi connectivity index (χ3n) is 2.43. The van der Waals surface area contributed by atoms with Gasteiger partial charge in [0, 0.05) is 15.7 Å². The molecule has 1 unspecified atom stereocenters. The molecule has 0 N–H and O–H groups in total. The van der Waals surface area contributed by atoms with E-state index in [0.29, 0.717) is 5.78 Å². The highest BCUT2D eigenvalue weighted by Gasteiger charge is 2.24. The fourth-order valence-corrected chi connectivity index (χ4v) is 3.23. The van der Waals surface area contributed by atoms with Crippen LogP contribution in [0.25, 0.3) is 0 Å². The third-order valence-corrected chi connectivity index (χ3v) is 4.66. The van der Waals surface area contributed by atoms with E-state index < -0.39 is 0 Å². The first-order valence-corrected chi connectivity index (χ1v) is 7.01. The van der Waals surface area contributed by atoms with Crippen LogP contribution in [-0.2, 0) is 4.79 Å². The normalized spacial score (nSPS) is 23.5. The maximum Gasteiger partial charge on any atom is 0.163 e. The number of Topliss-reactive ketones (excluding diaryl/α,β-unsaturated/α-hetero) is 1. The molecule has 0 bridgehead atoms. The SMILES string of the molecule is CSC(SC)=C1CCCC(C)C1=O. The fraction of sp³-hybridized carbons (Fsp3) is 0.700. The van der Waals surface area contributed by atoms with Crippen LogP contribution in [-0.4, -0.2) is 18.3 Å². The third kappa shape index (κ3) is 2.53. The lowest BCUT2D eigenvalue weighted by Gasteiger charge is -2.21. The first-order chi connectivity index (χ1) is 6.20. The molecule has 0 aliphatic heterocycles. The van der Waals surface area contributed by atoms with Gasteiger partial charge in [0.05, 0.1) is 0 Å². The van der Waals surface area contributed by atoms with Crippen LogP contribution in [0.15, 0.2) is 9.81 Å². The predicted molar refractivity (Wildman–Crippen MR) is 62.1 cm³/mol. The van der Waals surface area contributed by atoms with E-state index >= 15 is 0 Å². The first-order valence-electron chi connectivity index (χ1n) is 4.56. The smallest absolute Gasteiger partial charge is 0.163 e. The molecule has 1 atom stereocenters. The van der Waals surface area contributed by atoms with E-state index in [2.05, 4.69) is 0 Å². The van der Waals surface area contributed by atoms with Crippen molar-refractivity contribution in [2.45, 2.75) is 26.2 Å². The van der Waals surface area contributed by atoms with Gasteiger partial charge >= 0.3 is 0 Å². The Kier molecular flexibility index (Phi) is 4.39. The summed E-state index contributed by atoms with van der Waals surface area (Å²) < 4.78 is 1.22. The van der Waals surface area contributed by atoms with Crippen molar-refractivity contribution >= 4 is 29.3 Å². The molecule has 0 amide bonds. The van der Waals surface area contributed by atoms with Gasteiger partial charge in [-0.05, 0) is 31.8 Å². The van der Waals surface area contributed by atoms with Gasteiger partial charge in [-0.1, -0.05) is 6.92 Å². The molecule has 1 aliphatic rings. The van der Waals surface area contributed by atoms with E-state index in [1.54, 1.807) is 23.5 Å². The molecule has 74 valence electrons. The number of ketones is 1. The molecule has 0 heterocycles. The molecule has 1 aliphatic carbocycles. The molecule has 3 heteroatoms. The van der Waals surface area contributed by atoms with E-state index in [1.807, 2.05) is 19.4 Å². The van der Waals surface area contributed by atoms with Gasteiger partial charge in [-0.25, -0.2) is 0 Å². The lowest BCUT2D eigenvalue weighted by Crippen LogP contribution is -2.19. The zero-order valence-electron chi connectivity index (χ0n) is 8.42. The Morgan fingerprint density at radius 1 is 1.38 bits per heavy atom. The van der Waals surface area contributed by atoms with Gasteiger partial charge in [-0.3, -0.25) is 4.79 Å². The lowest BCUT2D eigenvalue weighted by molar-refractivity contribution is -0.119. The molecular formula is C10H16OS2. The number of hydrogen-bond donors (Lipinski definition) is 0. The highest BCUT2D eigenvalue weighted by atomic mass is 32.2. The van der Waals surface area contributed by atoms with Crippen molar-refractivity contribution in [3.05, 3.63) is 9.81 Å². The molecule has 0 aromatic heterocycles. The average molecular weight is 216 g/mol. The molecule has 0 saturated heterocycles. The summed E-state index contributed by atoms with van der Waals surface area (Å²) >= 11 is 3.41. The van der Waals surface area contributed by atoms with E-state index in [4.69, 9.17) is 0 Å². The predicted octanol–water partition coefficient (Wildman–Crippen LogP) is 3.31. The van der Waals surface area contributed by atoms with E-state index in [-0.39, 0.29) is 5.92 Å². The van der Waals surface area contributed by atoms with Crippen molar-refractivity contribution in [1.29, 1.82) is 0 Å². The van der Waals surface area contributed by atoms with Crippen LogP contribution in [0.4, 0.5) is 0 Å². The van der Waals surface area contributed by atoms with Crippen LogP contribution < -0.4 is 0 Å². The Bertz CT molecular complexity index is 227. The number of hydrogen-bond acceptors (Lipinski definition) is 3. The van der Waals surface area contributed by atoms with E-state index in [9.17, 15) is 4.79 Å². The maximum absolute atomic E-state index is 11.8. The number of thioether (sulfide) groups is 2. The minimum absolute atomic E-state index is 0.248. The Morgan fingerprint density at radius 2 is 2.00 bits per heavy atom. The van der Waals surface area contributed by atoms with Gasteiger partial charge in [-0.15, -0.1) is 23.5 Å². The summed E-state index contributed by atoms with van der Waals surface area (Å²) in [5, 5.41) is 0. The highest BCUT2D eigenvalue weighted by Crippen LogP contribution is 2.35. The molecule has 1 saturated carbocycles. The minimum Gasteiger partial charge on any atom is -0.294 e. The average Bonchev–Trinajstić information content (AvgIpc) is 2.14. The molecule has 0 spiro atoms. The lowest BCUT2D eigenvalue weighted by atomic mass is 9.86. The molecular weight excluding hydrogens is 200 g/mol.